The molecule has 0 radical (unpaired) electrons. The summed E-state index contributed by atoms with van der Waals surface area (Å²) >= 11 is 5.88. The predicted molar refractivity (Wildman–Crippen MR) is 122 cm³/mol. The van der Waals surface area contributed by atoms with Gasteiger partial charge in [0.25, 0.3) is 5.69 Å². The van der Waals surface area contributed by atoms with Crippen molar-refractivity contribution in [2.24, 2.45) is 0 Å². The van der Waals surface area contributed by atoms with Gasteiger partial charge in [0.15, 0.2) is 0 Å². The SMILES string of the molecule is Cc1c(NC(=O)CN(Cc2ccccc2)S(=O)(=O)c2ccc(Cl)cc2)cccc1[N+](=O)[O-]. The van der Waals surface area contributed by atoms with Crippen molar-refractivity contribution in [1.82, 2.24) is 4.31 Å². The van der Waals surface area contributed by atoms with Crippen LogP contribution in [-0.2, 0) is 21.4 Å². The second kappa shape index (κ2) is 9.90. The maximum Gasteiger partial charge on any atom is 0.274 e. The second-order valence-corrected chi connectivity index (χ2v) is 9.34. The highest BCUT2D eigenvalue weighted by Gasteiger charge is 2.27. The molecule has 166 valence electrons. The highest BCUT2D eigenvalue weighted by molar-refractivity contribution is 7.89. The number of nitrogens with one attached hydrogen (secondary N) is 1. The Kier molecular flexibility index (Phi) is 7.24. The molecule has 0 heterocycles. The number of amides is 1. The first-order valence-corrected chi connectivity index (χ1v) is 11.3. The number of halogens is 1. The fourth-order valence-electron chi connectivity index (χ4n) is 3.08. The summed E-state index contributed by atoms with van der Waals surface area (Å²) in [7, 11) is -4.03. The van der Waals surface area contributed by atoms with E-state index >= 15 is 0 Å². The molecule has 3 rings (SSSR count). The van der Waals surface area contributed by atoms with E-state index in [0.717, 1.165) is 4.31 Å². The summed E-state index contributed by atoms with van der Waals surface area (Å²) in [4.78, 5) is 23.4. The summed E-state index contributed by atoms with van der Waals surface area (Å²) in [5.74, 6) is -0.623. The maximum absolute atomic E-state index is 13.3. The van der Waals surface area contributed by atoms with Crippen LogP contribution in [0.25, 0.3) is 0 Å². The standard InChI is InChI=1S/C22H20ClN3O5S/c1-16-20(8-5-9-21(16)26(28)29)24-22(27)15-25(14-17-6-3-2-4-7-17)32(30,31)19-12-10-18(23)11-13-19/h2-13H,14-15H2,1H3,(H,24,27). The van der Waals surface area contributed by atoms with E-state index in [-0.39, 0.29) is 28.4 Å². The van der Waals surface area contributed by atoms with E-state index < -0.39 is 27.4 Å². The Hall–Kier alpha value is -3.27. The minimum absolute atomic E-state index is 0.00263. The van der Waals surface area contributed by atoms with E-state index in [1.165, 1.54) is 49.4 Å². The number of hydrogen-bond donors (Lipinski definition) is 1. The van der Waals surface area contributed by atoms with E-state index in [9.17, 15) is 23.3 Å². The molecule has 0 saturated heterocycles. The molecule has 1 amide bonds. The van der Waals surface area contributed by atoms with E-state index in [4.69, 9.17) is 11.6 Å². The van der Waals surface area contributed by atoms with Crippen molar-refractivity contribution in [3.63, 3.8) is 0 Å². The molecule has 3 aromatic rings. The van der Waals surface area contributed by atoms with Crippen molar-refractivity contribution in [2.75, 3.05) is 11.9 Å². The zero-order chi connectivity index (χ0) is 23.3. The summed E-state index contributed by atoms with van der Waals surface area (Å²) in [6.07, 6.45) is 0. The number of nitro groups is 1. The molecular formula is C22H20ClN3O5S. The largest absolute Gasteiger partial charge is 0.324 e. The lowest BCUT2D eigenvalue weighted by Crippen LogP contribution is -2.37. The monoisotopic (exact) mass is 473 g/mol. The summed E-state index contributed by atoms with van der Waals surface area (Å²) in [5, 5.41) is 14.1. The molecular weight excluding hydrogens is 454 g/mol. The highest BCUT2D eigenvalue weighted by atomic mass is 35.5. The Labute approximate surface area is 190 Å². The normalized spacial score (nSPS) is 11.3. The van der Waals surface area contributed by atoms with Crippen molar-refractivity contribution in [1.29, 1.82) is 0 Å². The van der Waals surface area contributed by atoms with Gasteiger partial charge >= 0.3 is 0 Å². The van der Waals surface area contributed by atoms with Crippen LogP contribution in [0.4, 0.5) is 11.4 Å². The summed E-state index contributed by atoms with van der Waals surface area (Å²) in [6.45, 7) is 0.995. The Morgan fingerprint density at radius 3 is 2.31 bits per heavy atom. The first-order valence-electron chi connectivity index (χ1n) is 9.52. The van der Waals surface area contributed by atoms with Gasteiger partial charge in [0.2, 0.25) is 15.9 Å². The van der Waals surface area contributed by atoms with Crippen LogP contribution in [0.15, 0.2) is 77.7 Å². The lowest BCUT2D eigenvalue weighted by Gasteiger charge is -2.22. The minimum atomic E-state index is -4.03. The van der Waals surface area contributed by atoms with Crippen LogP contribution >= 0.6 is 11.6 Å². The van der Waals surface area contributed by atoms with Crippen molar-refractivity contribution < 1.29 is 18.1 Å². The lowest BCUT2D eigenvalue weighted by atomic mass is 10.1. The van der Waals surface area contributed by atoms with Crippen LogP contribution in [0.5, 0.6) is 0 Å². The number of hydrogen-bond acceptors (Lipinski definition) is 5. The van der Waals surface area contributed by atoms with Crippen LogP contribution in [0, 0.1) is 17.0 Å². The van der Waals surface area contributed by atoms with Crippen molar-refractivity contribution in [3.8, 4) is 0 Å². The molecule has 3 aromatic carbocycles. The van der Waals surface area contributed by atoms with E-state index in [1.54, 1.807) is 30.3 Å². The van der Waals surface area contributed by atoms with Gasteiger partial charge < -0.3 is 5.32 Å². The lowest BCUT2D eigenvalue weighted by molar-refractivity contribution is -0.385. The van der Waals surface area contributed by atoms with E-state index in [1.807, 2.05) is 0 Å². The van der Waals surface area contributed by atoms with Crippen LogP contribution in [0.3, 0.4) is 0 Å². The number of sulfonamides is 1. The number of carbonyl (C=O) groups excluding carboxylic acids is 1. The van der Waals surface area contributed by atoms with Gasteiger partial charge in [-0.05, 0) is 42.8 Å². The maximum atomic E-state index is 13.3. The number of anilines is 1. The quantitative estimate of drug-likeness (QED) is 0.385. The molecule has 0 unspecified atom stereocenters. The smallest absolute Gasteiger partial charge is 0.274 e. The first-order chi connectivity index (χ1) is 15.2. The van der Waals surface area contributed by atoms with Crippen molar-refractivity contribution >= 4 is 38.9 Å². The van der Waals surface area contributed by atoms with Gasteiger partial charge in [-0.3, -0.25) is 14.9 Å². The number of carbonyl (C=O) groups is 1. The number of rotatable bonds is 8. The molecule has 0 aliphatic heterocycles. The number of nitro benzene ring substituents is 1. The molecule has 0 saturated carbocycles. The number of nitrogens with zero attached hydrogens (tertiary/aromatic N) is 2. The van der Waals surface area contributed by atoms with Gasteiger partial charge in [0, 0.05) is 17.6 Å². The van der Waals surface area contributed by atoms with Crippen LogP contribution in [0.1, 0.15) is 11.1 Å². The third-order valence-electron chi connectivity index (χ3n) is 4.75. The summed E-state index contributed by atoms with van der Waals surface area (Å²) in [5.41, 5.74) is 1.08. The second-order valence-electron chi connectivity index (χ2n) is 6.97. The van der Waals surface area contributed by atoms with Crippen LogP contribution < -0.4 is 5.32 Å². The van der Waals surface area contributed by atoms with Gasteiger partial charge in [-0.25, -0.2) is 8.42 Å². The predicted octanol–water partition coefficient (Wildman–Crippen LogP) is 4.39. The third kappa shape index (κ3) is 5.50. The van der Waals surface area contributed by atoms with Crippen molar-refractivity contribution in [3.05, 3.63) is 99.1 Å². The third-order valence-corrected chi connectivity index (χ3v) is 6.81. The van der Waals surface area contributed by atoms with Gasteiger partial charge in [0.1, 0.15) is 0 Å². The summed E-state index contributed by atoms with van der Waals surface area (Å²) in [6, 6.07) is 18.8. The Morgan fingerprint density at radius 1 is 1.03 bits per heavy atom. The molecule has 10 heteroatoms. The highest BCUT2D eigenvalue weighted by Crippen LogP contribution is 2.25. The van der Waals surface area contributed by atoms with Gasteiger partial charge in [-0.15, -0.1) is 0 Å². The molecule has 1 N–H and O–H groups in total. The average molecular weight is 474 g/mol. The van der Waals surface area contributed by atoms with Crippen LogP contribution in [0.2, 0.25) is 5.02 Å². The number of benzene rings is 3. The van der Waals surface area contributed by atoms with Gasteiger partial charge in [-0.1, -0.05) is 48.0 Å². The molecule has 32 heavy (non-hydrogen) atoms. The zero-order valence-electron chi connectivity index (χ0n) is 17.1. The van der Waals surface area contributed by atoms with Crippen LogP contribution in [-0.4, -0.2) is 30.1 Å². The average Bonchev–Trinajstić information content (AvgIpc) is 2.75. The first kappa shape index (κ1) is 23.4. The Morgan fingerprint density at radius 2 is 1.69 bits per heavy atom. The molecule has 0 aliphatic rings. The fraction of sp³-hybridized carbons (Fsp3) is 0.136. The molecule has 0 bridgehead atoms. The molecule has 0 aliphatic carbocycles. The van der Waals surface area contributed by atoms with Gasteiger partial charge in [0.05, 0.1) is 27.6 Å². The van der Waals surface area contributed by atoms with E-state index in [0.29, 0.717) is 10.6 Å². The van der Waals surface area contributed by atoms with E-state index in [2.05, 4.69) is 5.32 Å². The molecule has 0 atom stereocenters. The minimum Gasteiger partial charge on any atom is -0.324 e. The molecule has 0 fully saturated rings. The van der Waals surface area contributed by atoms with Crippen molar-refractivity contribution in [2.45, 2.75) is 18.4 Å². The molecule has 0 spiro atoms. The summed E-state index contributed by atoms with van der Waals surface area (Å²) < 4.78 is 27.6. The van der Waals surface area contributed by atoms with Gasteiger partial charge in [-0.2, -0.15) is 4.31 Å². The fourth-order valence-corrected chi connectivity index (χ4v) is 4.59. The Balaban J connectivity index is 1.89. The topological polar surface area (TPSA) is 110 Å². The Bertz CT molecular complexity index is 1230. The molecule has 0 aromatic heterocycles. The zero-order valence-corrected chi connectivity index (χ0v) is 18.6. The molecule has 8 nitrogen and oxygen atoms in total.